The number of hydrogen-bond acceptors (Lipinski definition) is 5. The number of anilines is 3. The number of imidazole rings is 1. The van der Waals surface area contributed by atoms with Gasteiger partial charge in [-0.15, -0.1) is 0 Å². The highest BCUT2D eigenvalue weighted by Gasteiger charge is 2.33. The molecule has 4 N–H and O–H groups in total. The largest absolute Gasteiger partial charge is 0.417 e. The highest BCUT2D eigenvalue weighted by Crippen LogP contribution is 2.43. The first-order chi connectivity index (χ1) is 21.2. The first kappa shape index (κ1) is 27.4. The third-order valence-electron chi connectivity index (χ3n) is 7.55. The van der Waals surface area contributed by atoms with Gasteiger partial charge in [0.1, 0.15) is 23.9 Å². The molecule has 2 aromatic heterocycles. The molecule has 0 saturated carbocycles. The molecular formula is C32H21ClF3N7O. The monoisotopic (exact) mass is 611 g/mol. The molecule has 12 heteroatoms. The lowest BCUT2D eigenvalue weighted by Crippen LogP contribution is -2.20. The second-order valence-corrected chi connectivity index (χ2v) is 10.6. The number of carbonyl (C=O) groups excluding carboxylic acids is 1. The zero-order chi connectivity index (χ0) is 30.6. The average molecular weight is 612 g/mol. The quantitative estimate of drug-likeness (QED) is 0.175. The lowest BCUT2D eigenvalue weighted by Gasteiger charge is -2.13. The molecule has 218 valence electrons. The molecule has 0 bridgehead atoms. The Morgan fingerprint density at radius 2 is 1.59 bits per heavy atom. The summed E-state index contributed by atoms with van der Waals surface area (Å²) in [5, 5.41) is 4.55. The van der Waals surface area contributed by atoms with E-state index in [-0.39, 0.29) is 5.69 Å². The molecule has 0 radical (unpaired) electrons. The Balaban J connectivity index is 1.12. The summed E-state index contributed by atoms with van der Waals surface area (Å²) in [6, 6.07) is 21.5. The molecule has 0 unspecified atom stereocenters. The molecule has 44 heavy (non-hydrogen) atoms. The van der Waals surface area contributed by atoms with E-state index in [1.807, 2.05) is 18.2 Å². The van der Waals surface area contributed by atoms with Gasteiger partial charge in [-0.05, 0) is 64.7 Å². The Hall–Kier alpha value is -5.42. The Bertz CT molecular complexity index is 2090. The zero-order valence-corrected chi connectivity index (χ0v) is 23.4. The molecule has 7 rings (SSSR count). The standard InChI is InChI=1S/C32H21ClF3N7O/c33-26-12-7-19(14-25(26)32(34,35)36)42-31(44)41-18-5-8-20(9-6-18)43-16-40-29-28(38-15-39-30(29)43)23-11-10-22-21-4-2-1-3-17(21)13-24(22)27(23)37/h1-12,14-16H,13,37H2,(H2,41,42,44). The molecule has 2 amide bonds. The van der Waals surface area contributed by atoms with Gasteiger partial charge in [-0.3, -0.25) is 4.57 Å². The second-order valence-electron chi connectivity index (χ2n) is 10.2. The van der Waals surface area contributed by atoms with E-state index < -0.39 is 22.8 Å². The van der Waals surface area contributed by atoms with Crippen LogP contribution in [-0.4, -0.2) is 25.6 Å². The van der Waals surface area contributed by atoms with E-state index >= 15 is 0 Å². The molecule has 0 saturated heterocycles. The van der Waals surface area contributed by atoms with Gasteiger partial charge in [-0.25, -0.2) is 19.7 Å². The Kier molecular flexibility index (Phi) is 6.47. The number of halogens is 4. The smallest absolute Gasteiger partial charge is 0.398 e. The van der Waals surface area contributed by atoms with Crippen LogP contribution < -0.4 is 16.4 Å². The predicted octanol–water partition coefficient (Wildman–Crippen LogP) is 7.95. The number of nitrogen functional groups attached to an aromatic ring is 1. The van der Waals surface area contributed by atoms with Crippen molar-refractivity contribution in [3.63, 3.8) is 0 Å². The molecule has 8 nitrogen and oxygen atoms in total. The van der Waals surface area contributed by atoms with E-state index in [1.54, 1.807) is 35.2 Å². The molecule has 1 aliphatic rings. The van der Waals surface area contributed by atoms with Gasteiger partial charge < -0.3 is 16.4 Å². The normalized spacial score (nSPS) is 12.2. The number of hydrogen-bond donors (Lipinski definition) is 3. The fourth-order valence-electron chi connectivity index (χ4n) is 5.48. The van der Waals surface area contributed by atoms with Crippen LogP contribution in [0.15, 0.2) is 91.5 Å². The highest BCUT2D eigenvalue weighted by atomic mass is 35.5. The lowest BCUT2D eigenvalue weighted by molar-refractivity contribution is -0.137. The van der Waals surface area contributed by atoms with Crippen LogP contribution in [0.25, 0.3) is 39.2 Å². The number of urea groups is 1. The number of carbonyl (C=O) groups is 1. The van der Waals surface area contributed by atoms with Crippen molar-refractivity contribution in [2.75, 3.05) is 16.4 Å². The van der Waals surface area contributed by atoms with Gasteiger partial charge in [0.15, 0.2) is 5.65 Å². The third kappa shape index (κ3) is 4.77. The number of nitrogens with two attached hydrogens (primary N) is 1. The number of amides is 2. The van der Waals surface area contributed by atoms with Crippen molar-refractivity contribution < 1.29 is 18.0 Å². The van der Waals surface area contributed by atoms with E-state index in [2.05, 4.69) is 43.8 Å². The van der Waals surface area contributed by atoms with Gasteiger partial charge in [-0.1, -0.05) is 48.0 Å². The van der Waals surface area contributed by atoms with Crippen LogP contribution >= 0.6 is 11.6 Å². The number of fused-ring (bicyclic) bond motifs is 4. The number of rotatable bonds is 4. The summed E-state index contributed by atoms with van der Waals surface area (Å²) in [4.78, 5) is 26.1. The number of nitrogens with zero attached hydrogens (tertiary/aromatic N) is 4. The molecule has 4 aromatic carbocycles. The maximum atomic E-state index is 13.2. The summed E-state index contributed by atoms with van der Waals surface area (Å²) < 4.78 is 41.2. The van der Waals surface area contributed by atoms with Gasteiger partial charge in [0.05, 0.1) is 10.6 Å². The predicted molar refractivity (Wildman–Crippen MR) is 164 cm³/mol. The van der Waals surface area contributed by atoms with Gasteiger partial charge >= 0.3 is 12.2 Å². The molecule has 0 fully saturated rings. The molecule has 0 atom stereocenters. The van der Waals surface area contributed by atoms with Crippen molar-refractivity contribution in [2.24, 2.45) is 0 Å². The van der Waals surface area contributed by atoms with E-state index in [0.29, 0.717) is 33.9 Å². The number of alkyl halides is 3. The van der Waals surface area contributed by atoms with Crippen LogP contribution in [-0.2, 0) is 12.6 Å². The zero-order valence-electron chi connectivity index (χ0n) is 22.7. The fraction of sp³-hybridized carbons (Fsp3) is 0.0625. The van der Waals surface area contributed by atoms with Crippen LogP contribution in [0.1, 0.15) is 16.7 Å². The summed E-state index contributed by atoms with van der Waals surface area (Å²) in [5.41, 5.74) is 14.6. The molecule has 0 spiro atoms. The molecule has 6 aromatic rings. The molecule has 0 aliphatic heterocycles. The lowest BCUT2D eigenvalue weighted by atomic mass is 9.99. The summed E-state index contributed by atoms with van der Waals surface area (Å²) in [6.45, 7) is 0. The number of nitrogens with one attached hydrogen (secondary N) is 2. The van der Waals surface area contributed by atoms with E-state index in [9.17, 15) is 18.0 Å². The Morgan fingerprint density at radius 1 is 0.864 bits per heavy atom. The maximum Gasteiger partial charge on any atom is 0.417 e. The van der Waals surface area contributed by atoms with Gasteiger partial charge in [-0.2, -0.15) is 13.2 Å². The van der Waals surface area contributed by atoms with Crippen LogP contribution in [0.4, 0.5) is 35.0 Å². The van der Waals surface area contributed by atoms with Crippen molar-refractivity contribution in [1.29, 1.82) is 0 Å². The van der Waals surface area contributed by atoms with Gasteiger partial charge in [0.2, 0.25) is 0 Å². The first-order valence-corrected chi connectivity index (χ1v) is 13.8. The minimum atomic E-state index is -4.65. The van der Waals surface area contributed by atoms with Crippen molar-refractivity contribution in [2.45, 2.75) is 12.6 Å². The van der Waals surface area contributed by atoms with E-state index in [4.69, 9.17) is 17.3 Å². The molecule has 1 aliphatic carbocycles. The fourth-order valence-corrected chi connectivity index (χ4v) is 5.71. The molecule has 2 heterocycles. The van der Waals surface area contributed by atoms with Crippen molar-refractivity contribution in [1.82, 2.24) is 19.5 Å². The highest BCUT2D eigenvalue weighted by molar-refractivity contribution is 6.31. The van der Waals surface area contributed by atoms with Crippen LogP contribution in [0, 0.1) is 0 Å². The third-order valence-corrected chi connectivity index (χ3v) is 7.88. The van der Waals surface area contributed by atoms with Crippen LogP contribution in [0.2, 0.25) is 5.02 Å². The minimum absolute atomic E-state index is 0.0511. The van der Waals surface area contributed by atoms with Gasteiger partial charge in [0.25, 0.3) is 0 Å². The van der Waals surface area contributed by atoms with Crippen molar-refractivity contribution in [3.8, 4) is 28.1 Å². The maximum absolute atomic E-state index is 13.2. The molecular weight excluding hydrogens is 591 g/mol. The van der Waals surface area contributed by atoms with Crippen LogP contribution in [0.3, 0.4) is 0 Å². The summed E-state index contributed by atoms with van der Waals surface area (Å²) in [6.07, 6.45) is -0.792. The van der Waals surface area contributed by atoms with Crippen LogP contribution in [0.5, 0.6) is 0 Å². The first-order valence-electron chi connectivity index (χ1n) is 13.4. The van der Waals surface area contributed by atoms with Crippen molar-refractivity contribution in [3.05, 3.63) is 113 Å². The SMILES string of the molecule is Nc1c(-c2ncnc3c2ncn3-c2ccc(NC(=O)Nc3ccc(Cl)c(C(F)(F)F)c3)cc2)ccc2c1Cc1ccccc1-2. The minimum Gasteiger partial charge on any atom is -0.398 e. The number of benzene rings is 4. The summed E-state index contributed by atoms with van der Waals surface area (Å²) >= 11 is 5.66. The summed E-state index contributed by atoms with van der Waals surface area (Å²) in [5.74, 6) is 0. The number of aromatic nitrogens is 4. The average Bonchev–Trinajstić information content (AvgIpc) is 3.61. The van der Waals surface area contributed by atoms with E-state index in [1.165, 1.54) is 23.5 Å². The second kappa shape index (κ2) is 10.4. The summed E-state index contributed by atoms with van der Waals surface area (Å²) in [7, 11) is 0. The van der Waals surface area contributed by atoms with Gasteiger partial charge in [0, 0.05) is 34.7 Å². The van der Waals surface area contributed by atoms with Crippen molar-refractivity contribution >= 4 is 45.9 Å². The topological polar surface area (TPSA) is 111 Å². The Labute approximate surface area is 253 Å². The Morgan fingerprint density at radius 3 is 2.39 bits per heavy atom. The van der Waals surface area contributed by atoms with E-state index in [0.717, 1.165) is 35.2 Å².